The second kappa shape index (κ2) is 3.92. The lowest BCUT2D eigenvalue weighted by atomic mass is 10.0. The van der Waals surface area contributed by atoms with E-state index in [1.54, 1.807) is 12.4 Å². The van der Waals surface area contributed by atoms with Crippen molar-refractivity contribution < 1.29 is 0 Å². The van der Waals surface area contributed by atoms with E-state index >= 15 is 0 Å². The van der Waals surface area contributed by atoms with Crippen molar-refractivity contribution in [2.45, 2.75) is 0 Å². The molecule has 15 heavy (non-hydrogen) atoms. The summed E-state index contributed by atoms with van der Waals surface area (Å²) >= 11 is 0. The Hall–Kier alpha value is -2.16. The van der Waals surface area contributed by atoms with E-state index in [-0.39, 0.29) is 0 Å². The number of rotatable bonds is 2. The number of anilines is 1. The number of H-pyrrole nitrogens is 1. The molecule has 0 spiro atoms. The van der Waals surface area contributed by atoms with Gasteiger partial charge in [0.25, 0.3) is 0 Å². The van der Waals surface area contributed by atoms with Crippen molar-refractivity contribution in [2.75, 3.05) is 5.73 Å². The first-order chi connectivity index (χ1) is 7.33. The Morgan fingerprint density at radius 2 is 1.87 bits per heavy atom. The number of nitrogens with one attached hydrogen (secondary N) is 1. The van der Waals surface area contributed by atoms with Crippen LogP contribution in [0.5, 0.6) is 0 Å². The lowest BCUT2D eigenvalue weighted by Gasteiger charge is -2.05. The van der Waals surface area contributed by atoms with E-state index in [1.165, 1.54) is 0 Å². The highest BCUT2D eigenvalue weighted by atomic mass is 14.8. The van der Waals surface area contributed by atoms with Crippen LogP contribution >= 0.6 is 0 Å². The highest BCUT2D eigenvalue weighted by Crippen LogP contribution is 2.25. The molecule has 1 heterocycles. The quantitative estimate of drug-likeness (QED) is 0.692. The third-order valence-electron chi connectivity index (χ3n) is 2.32. The van der Waals surface area contributed by atoms with E-state index in [9.17, 15) is 0 Å². The summed E-state index contributed by atoms with van der Waals surface area (Å²) in [4.78, 5) is 2.93. The SMILES string of the molecule is N/C=C(/c1ccccc1)c1cc[nH]c1N. The van der Waals surface area contributed by atoms with Crippen molar-refractivity contribution in [2.24, 2.45) is 5.73 Å². The number of hydrogen-bond donors (Lipinski definition) is 3. The number of benzene rings is 1. The fourth-order valence-electron chi connectivity index (χ4n) is 1.58. The van der Waals surface area contributed by atoms with Crippen LogP contribution in [0.1, 0.15) is 11.1 Å². The molecule has 0 atom stereocenters. The summed E-state index contributed by atoms with van der Waals surface area (Å²) in [6, 6.07) is 11.8. The zero-order valence-corrected chi connectivity index (χ0v) is 8.27. The van der Waals surface area contributed by atoms with Crippen LogP contribution in [0.2, 0.25) is 0 Å². The van der Waals surface area contributed by atoms with E-state index in [0.717, 1.165) is 16.7 Å². The average Bonchev–Trinajstić information content (AvgIpc) is 2.68. The second-order valence-corrected chi connectivity index (χ2v) is 3.25. The maximum Gasteiger partial charge on any atom is 0.108 e. The van der Waals surface area contributed by atoms with Crippen LogP contribution < -0.4 is 11.5 Å². The van der Waals surface area contributed by atoms with Gasteiger partial charge in [-0.3, -0.25) is 0 Å². The molecule has 1 aromatic heterocycles. The standard InChI is InChI=1S/C12H13N3/c13-8-11(9-4-2-1-3-5-9)10-6-7-15-12(10)14/h1-8,15H,13-14H2/b11-8-. The van der Waals surface area contributed by atoms with E-state index < -0.39 is 0 Å². The fraction of sp³-hybridized carbons (Fsp3) is 0. The van der Waals surface area contributed by atoms with Gasteiger partial charge in [0.15, 0.2) is 0 Å². The minimum Gasteiger partial charge on any atom is -0.404 e. The molecule has 76 valence electrons. The van der Waals surface area contributed by atoms with Gasteiger partial charge >= 0.3 is 0 Å². The van der Waals surface area contributed by atoms with Gasteiger partial charge < -0.3 is 16.5 Å². The van der Waals surface area contributed by atoms with Crippen molar-refractivity contribution >= 4 is 11.4 Å². The molecule has 3 heteroatoms. The molecule has 2 rings (SSSR count). The van der Waals surface area contributed by atoms with Crippen LogP contribution in [-0.4, -0.2) is 4.98 Å². The van der Waals surface area contributed by atoms with Gasteiger partial charge in [-0.25, -0.2) is 0 Å². The maximum absolute atomic E-state index is 5.80. The van der Waals surface area contributed by atoms with Crippen LogP contribution in [0, 0.1) is 0 Å². The Morgan fingerprint density at radius 3 is 2.40 bits per heavy atom. The van der Waals surface area contributed by atoms with Gasteiger partial charge in [0, 0.05) is 23.5 Å². The molecular weight excluding hydrogens is 186 g/mol. The van der Waals surface area contributed by atoms with Crippen LogP contribution in [0.3, 0.4) is 0 Å². The number of nitrogens with two attached hydrogens (primary N) is 2. The van der Waals surface area contributed by atoms with Gasteiger partial charge in [-0.05, 0) is 11.6 Å². The van der Waals surface area contributed by atoms with Crippen LogP contribution in [-0.2, 0) is 0 Å². The molecular formula is C12H13N3. The molecule has 5 N–H and O–H groups in total. The molecule has 1 aromatic carbocycles. The van der Waals surface area contributed by atoms with Gasteiger partial charge in [0.1, 0.15) is 5.82 Å². The smallest absolute Gasteiger partial charge is 0.108 e. The lowest BCUT2D eigenvalue weighted by molar-refractivity contribution is 1.41. The van der Waals surface area contributed by atoms with Crippen LogP contribution in [0.15, 0.2) is 48.8 Å². The first kappa shape index (κ1) is 9.40. The average molecular weight is 199 g/mol. The lowest BCUT2D eigenvalue weighted by Crippen LogP contribution is -1.95. The third-order valence-corrected chi connectivity index (χ3v) is 2.32. The molecule has 0 aliphatic rings. The summed E-state index contributed by atoms with van der Waals surface area (Å²) in [6.45, 7) is 0. The Morgan fingerprint density at radius 1 is 1.13 bits per heavy atom. The molecule has 0 amide bonds. The minimum absolute atomic E-state index is 0.635. The minimum atomic E-state index is 0.635. The highest BCUT2D eigenvalue weighted by molar-refractivity contribution is 5.84. The molecule has 0 unspecified atom stereocenters. The Balaban J connectivity index is 2.48. The monoisotopic (exact) mass is 199 g/mol. The van der Waals surface area contributed by atoms with Crippen molar-refractivity contribution in [3.8, 4) is 0 Å². The number of aromatic amines is 1. The molecule has 0 fully saturated rings. The summed E-state index contributed by atoms with van der Waals surface area (Å²) < 4.78 is 0. The summed E-state index contributed by atoms with van der Waals surface area (Å²) in [6.07, 6.45) is 3.38. The fourth-order valence-corrected chi connectivity index (χ4v) is 1.58. The first-order valence-electron chi connectivity index (χ1n) is 4.73. The largest absolute Gasteiger partial charge is 0.404 e. The molecule has 0 radical (unpaired) electrons. The predicted molar refractivity (Wildman–Crippen MR) is 62.9 cm³/mol. The molecule has 3 nitrogen and oxygen atoms in total. The Labute approximate surface area is 88.4 Å². The molecule has 2 aromatic rings. The van der Waals surface area contributed by atoms with E-state index in [0.29, 0.717) is 5.82 Å². The first-order valence-corrected chi connectivity index (χ1v) is 4.73. The summed E-state index contributed by atoms with van der Waals surface area (Å²) in [7, 11) is 0. The van der Waals surface area contributed by atoms with Crippen molar-refractivity contribution in [1.82, 2.24) is 4.98 Å². The molecule has 0 saturated heterocycles. The van der Waals surface area contributed by atoms with E-state index in [4.69, 9.17) is 11.5 Å². The Kier molecular flexibility index (Phi) is 2.46. The van der Waals surface area contributed by atoms with E-state index in [1.807, 2.05) is 36.4 Å². The predicted octanol–water partition coefficient (Wildman–Crippen LogP) is 1.94. The van der Waals surface area contributed by atoms with Crippen molar-refractivity contribution in [1.29, 1.82) is 0 Å². The molecule has 0 saturated carbocycles. The van der Waals surface area contributed by atoms with Crippen LogP contribution in [0.25, 0.3) is 5.57 Å². The van der Waals surface area contributed by atoms with Crippen LogP contribution in [0.4, 0.5) is 5.82 Å². The van der Waals surface area contributed by atoms with E-state index in [2.05, 4.69) is 4.98 Å². The summed E-state index contributed by atoms with van der Waals surface area (Å²) in [5, 5.41) is 0. The van der Waals surface area contributed by atoms with Gasteiger partial charge in [-0.2, -0.15) is 0 Å². The third kappa shape index (κ3) is 1.72. The summed E-state index contributed by atoms with van der Waals surface area (Å²) in [5.41, 5.74) is 14.4. The van der Waals surface area contributed by atoms with Crippen molar-refractivity contribution in [3.05, 3.63) is 59.9 Å². The van der Waals surface area contributed by atoms with Gasteiger partial charge in [0.2, 0.25) is 0 Å². The normalized spacial score (nSPS) is 11.6. The Bertz CT molecular complexity index is 469. The van der Waals surface area contributed by atoms with Gasteiger partial charge in [-0.15, -0.1) is 0 Å². The summed E-state index contributed by atoms with van der Waals surface area (Å²) in [5.74, 6) is 0.635. The molecule has 0 aliphatic carbocycles. The molecule has 0 bridgehead atoms. The zero-order chi connectivity index (χ0) is 10.7. The second-order valence-electron chi connectivity index (χ2n) is 3.25. The molecule has 0 aliphatic heterocycles. The number of aromatic nitrogens is 1. The maximum atomic E-state index is 5.80. The number of hydrogen-bond acceptors (Lipinski definition) is 2. The topological polar surface area (TPSA) is 67.8 Å². The zero-order valence-electron chi connectivity index (χ0n) is 8.27. The highest BCUT2D eigenvalue weighted by Gasteiger charge is 2.07. The van der Waals surface area contributed by atoms with Gasteiger partial charge in [-0.1, -0.05) is 30.3 Å². The van der Waals surface area contributed by atoms with Crippen molar-refractivity contribution in [3.63, 3.8) is 0 Å². The van der Waals surface area contributed by atoms with Gasteiger partial charge in [0.05, 0.1) is 0 Å². The number of nitrogen functional groups attached to an aromatic ring is 1.